The minimum absolute atomic E-state index is 0.321. The molecule has 0 fully saturated rings. The molecule has 0 bridgehead atoms. The van der Waals surface area contributed by atoms with Gasteiger partial charge in [-0.1, -0.05) is 78.9 Å². The van der Waals surface area contributed by atoms with E-state index in [1.807, 2.05) is 42.5 Å². The summed E-state index contributed by atoms with van der Waals surface area (Å²) in [5.74, 6) is -2.30. The van der Waals surface area contributed by atoms with Gasteiger partial charge in [-0.25, -0.2) is 4.79 Å². The maximum absolute atomic E-state index is 13.6. The van der Waals surface area contributed by atoms with Gasteiger partial charge in [-0.05, 0) is 22.8 Å². The fourth-order valence-electron chi connectivity index (χ4n) is 3.97. The van der Waals surface area contributed by atoms with E-state index < -0.39 is 17.5 Å². The van der Waals surface area contributed by atoms with Crippen molar-refractivity contribution in [2.75, 3.05) is 12.0 Å². The third kappa shape index (κ3) is 3.09. The molecule has 1 aliphatic heterocycles. The second-order valence-electron chi connectivity index (χ2n) is 7.03. The summed E-state index contributed by atoms with van der Waals surface area (Å²) in [5.41, 5.74) is 0.434. The van der Waals surface area contributed by atoms with Gasteiger partial charge in [0.05, 0.1) is 13.7 Å². The number of nitrogens with zero attached hydrogens (tertiary/aromatic N) is 1. The van der Waals surface area contributed by atoms with Crippen LogP contribution in [0.15, 0.2) is 84.9 Å². The fourth-order valence-corrected chi connectivity index (χ4v) is 3.97. The van der Waals surface area contributed by atoms with E-state index in [9.17, 15) is 14.7 Å². The van der Waals surface area contributed by atoms with Crippen LogP contribution in [0.4, 0.5) is 5.69 Å². The van der Waals surface area contributed by atoms with Gasteiger partial charge < -0.3 is 14.7 Å². The molecule has 0 spiro atoms. The molecular formula is C24H21NO4. The summed E-state index contributed by atoms with van der Waals surface area (Å²) in [7, 11) is 1.21. The molecule has 0 unspecified atom stereocenters. The molecule has 5 nitrogen and oxygen atoms in total. The van der Waals surface area contributed by atoms with Crippen molar-refractivity contribution >= 4 is 17.6 Å². The smallest absolute Gasteiger partial charge is 0.343 e. The summed E-state index contributed by atoms with van der Waals surface area (Å²) in [5, 5.41) is 11.6. The van der Waals surface area contributed by atoms with Crippen LogP contribution < -0.4 is 4.90 Å². The van der Waals surface area contributed by atoms with Gasteiger partial charge in [0, 0.05) is 5.69 Å². The van der Waals surface area contributed by atoms with Crippen LogP contribution in [0.25, 0.3) is 0 Å². The Hall–Kier alpha value is -3.44. The van der Waals surface area contributed by atoms with Crippen molar-refractivity contribution in [3.63, 3.8) is 0 Å². The van der Waals surface area contributed by atoms with Crippen LogP contribution in [0.1, 0.15) is 22.6 Å². The van der Waals surface area contributed by atoms with Crippen molar-refractivity contribution in [1.82, 2.24) is 0 Å². The molecule has 0 saturated carbocycles. The molecule has 3 aromatic rings. The SMILES string of the molecule is COC(=O)[C@@](O)(c1ccccc1)[C@H]1C(=O)N(Cc2ccccc2)c2ccccc21. The number of rotatable bonds is 5. The summed E-state index contributed by atoms with van der Waals surface area (Å²) in [6, 6.07) is 25.3. The standard InChI is InChI=1S/C24H21NO4/c1-29-23(27)24(28,18-12-6-3-7-13-18)21-19-14-8-9-15-20(19)25(22(21)26)16-17-10-4-2-5-11-17/h2-15,21,28H,16H2,1H3/t21-,24-/m1/s1. The maximum atomic E-state index is 13.6. The van der Waals surface area contributed by atoms with E-state index in [0.29, 0.717) is 23.4 Å². The molecule has 2 atom stereocenters. The van der Waals surface area contributed by atoms with Crippen LogP contribution in [-0.4, -0.2) is 24.1 Å². The molecule has 1 amide bonds. The number of aliphatic hydroxyl groups is 1. The van der Waals surface area contributed by atoms with Gasteiger partial charge in [-0.2, -0.15) is 0 Å². The number of fused-ring (bicyclic) bond motifs is 1. The number of hydrogen-bond donors (Lipinski definition) is 1. The second-order valence-corrected chi connectivity index (χ2v) is 7.03. The average Bonchev–Trinajstić information content (AvgIpc) is 3.06. The predicted molar refractivity (Wildman–Crippen MR) is 109 cm³/mol. The number of carbonyl (C=O) groups excluding carboxylic acids is 2. The first-order valence-electron chi connectivity index (χ1n) is 9.38. The Morgan fingerprint density at radius 3 is 2.21 bits per heavy atom. The van der Waals surface area contributed by atoms with Crippen molar-refractivity contribution in [3.05, 3.63) is 102 Å². The molecule has 0 radical (unpaired) electrons. The van der Waals surface area contributed by atoms with E-state index in [2.05, 4.69) is 0 Å². The number of ether oxygens (including phenoxy) is 1. The highest BCUT2D eigenvalue weighted by Crippen LogP contribution is 2.48. The lowest BCUT2D eigenvalue weighted by molar-refractivity contribution is -0.168. The van der Waals surface area contributed by atoms with Crippen molar-refractivity contribution in [2.45, 2.75) is 18.1 Å². The molecule has 29 heavy (non-hydrogen) atoms. The molecule has 3 aromatic carbocycles. The monoisotopic (exact) mass is 387 g/mol. The van der Waals surface area contributed by atoms with Gasteiger partial charge in [0.15, 0.2) is 0 Å². The molecule has 1 N–H and O–H groups in total. The van der Waals surface area contributed by atoms with Crippen LogP contribution in [0, 0.1) is 0 Å². The minimum Gasteiger partial charge on any atom is -0.467 e. The lowest BCUT2D eigenvalue weighted by Crippen LogP contribution is -2.46. The van der Waals surface area contributed by atoms with Gasteiger partial charge in [0.1, 0.15) is 5.92 Å². The number of hydrogen-bond acceptors (Lipinski definition) is 4. The number of amides is 1. The fraction of sp³-hybridized carbons (Fsp3) is 0.167. The first kappa shape index (κ1) is 18.9. The third-order valence-corrected chi connectivity index (χ3v) is 5.36. The van der Waals surface area contributed by atoms with Crippen LogP contribution in [0.3, 0.4) is 0 Å². The lowest BCUT2D eigenvalue weighted by atomic mass is 9.78. The van der Waals surface area contributed by atoms with E-state index in [0.717, 1.165) is 5.56 Å². The van der Waals surface area contributed by atoms with E-state index in [1.54, 1.807) is 47.4 Å². The molecule has 146 valence electrons. The Bertz CT molecular complexity index is 1040. The Labute approximate surface area is 169 Å². The van der Waals surface area contributed by atoms with Crippen molar-refractivity contribution < 1.29 is 19.4 Å². The van der Waals surface area contributed by atoms with E-state index >= 15 is 0 Å². The minimum atomic E-state index is -2.13. The highest BCUT2D eigenvalue weighted by molar-refractivity contribution is 6.08. The third-order valence-electron chi connectivity index (χ3n) is 5.36. The largest absolute Gasteiger partial charge is 0.467 e. The molecular weight excluding hydrogens is 366 g/mol. The van der Waals surface area contributed by atoms with Gasteiger partial charge in [0.25, 0.3) is 0 Å². The molecule has 1 aliphatic rings. The van der Waals surface area contributed by atoms with E-state index in [1.165, 1.54) is 7.11 Å². The van der Waals surface area contributed by atoms with Crippen LogP contribution in [0.2, 0.25) is 0 Å². The Morgan fingerprint density at radius 1 is 0.966 bits per heavy atom. The Kier molecular flexibility index (Phi) is 4.91. The normalized spacial score (nSPS) is 17.5. The van der Waals surface area contributed by atoms with Crippen LogP contribution >= 0.6 is 0 Å². The number of anilines is 1. The molecule has 0 aliphatic carbocycles. The number of methoxy groups -OCH3 is 1. The van der Waals surface area contributed by atoms with Crippen molar-refractivity contribution in [1.29, 1.82) is 0 Å². The number of benzene rings is 3. The quantitative estimate of drug-likeness (QED) is 0.682. The summed E-state index contributed by atoms with van der Waals surface area (Å²) in [6.07, 6.45) is 0. The molecule has 1 heterocycles. The zero-order valence-electron chi connectivity index (χ0n) is 16.0. The first-order valence-corrected chi connectivity index (χ1v) is 9.38. The van der Waals surface area contributed by atoms with Crippen LogP contribution in [-0.2, 0) is 26.5 Å². The average molecular weight is 387 g/mol. The topological polar surface area (TPSA) is 66.8 Å². The summed E-state index contributed by atoms with van der Waals surface area (Å²) in [4.78, 5) is 28.0. The summed E-state index contributed by atoms with van der Waals surface area (Å²) in [6.45, 7) is 0.346. The van der Waals surface area contributed by atoms with Gasteiger partial charge in [-0.3, -0.25) is 4.79 Å². The molecule has 0 saturated heterocycles. The second kappa shape index (κ2) is 7.53. The number of para-hydroxylation sites is 1. The van der Waals surface area contributed by atoms with Crippen molar-refractivity contribution in [3.8, 4) is 0 Å². The van der Waals surface area contributed by atoms with Crippen molar-refractivity contribution in [2.24, 2.45) is 0 Å². The Morgan fingerprint density at radius 2 is 1.55 bits per heavy atom. The van der Waals surface area contributed by atoms with Gasteiger partial charge in [0.2, 0.25) is 11.5 Å². The first-order chi connectivity index (χ1) is 14.1. The highest BCUT2D eigenvalue weighted by Gasteiger charge is 2.56. The highest BCUT2D eigenvalue weighted by atomic mass is 16.5. The lowest BCUT2D eigenvalue weighted by Gasteiger charge is -2.31. The zero-order valence-corrected chi connectivity index (χ0v) is 16.0. The molecule has 0 aromatic heterocycles. The summed E-state index contributed by atoms with van der Waals surface area (Å²) < 4.78 is 4.94. The van der Waals surface area contributed by atoms with E-state index in [-0.39, 0.29) is 5.91 Å². The van der Waals surface area contributed by atoms with Gasteiger partial charge >= 0.3 is 5.97 Å². The zero-order chi connectivity index (χ0) is 20.4. The Balaban J connectivity index is 1.84. The predicted octanol–water partition coefficient (Wildman–Crippen LogP) is 3.38. The summed E-state index contributed by atoms with van der Waals surface area (Å²) >= 11 is 0. The number of carbonyl (C=O) groups is 2. The molecule has 5 heteroatoms. The van der Waals surface area contributed by atoms with Crippen LogP contribution in [0.5, 0.6) is 0 Å². The molecule has 4 rings (SSSR count). The van der Waals surface area contributed by atoms with Gasteiger partial charge in [-0.15, -0.1) is 0 Å². The number of esters is 1. The maximum Gasteiger partial charge on any atom is 0.343 e. The van der Waals surface area contributed by atoms with E-state index in [4.69, 9.17) is 4.74 Å².